The lowest BCUT2D eigenvalue weighted by atomic mass is 9.77. The predicted octanol–water partition coefficient (Wildman–Crippen LogP) is 4.55. The van der Waals surface area contributed by atoms with Gasteiger partial charge in [-0.2, -0.15) is 13.2 Å². The normalized spacial score (nSPS) is 23.3. The first-order valence-corrected chi connectivity index (χ1v) is 9.81. The van der Waals surface area contributed by atoms with E-state index in [0.29, 0.717) is 10.6 Å². The lowest BCUT2D eigenvalue weighted by Crippen LogP contribution is -2.66. The van der Waals surface area contributed by atoms with Crippen LogP contribution in [0.15, 0.2) is 71.1 Å². The summed E-state index contributed by atoms with van der Waals surface area (Å²) in [5.41, 5.74) is -2.25. The molecule has 2 heterocycles. The summed E-state index contributed by atoms with van der Waals surface area (Å²) in [5.74, 6) is -4.32. The van der Waals surface area contributed by atoms with Crippen LogP contribution in [-0.2, 0) is 10.5 Å². The van der Waals surface area contributed by atoms with Gasteiger partial charge in [0.2, 0.25) is 5.78 Å². The molecule has 6 nitrogen and oxygen atoms in total. The Labute approximate surface area is 185 Å². The van der Waals surface area contributed by atoms with Gasteiger partial charge in [-0.15, -0.1) is 0 Å². The number of amides is 2. The summed E-state index contributed by atoms with van der Waals surface area (Å²) in [6.45, 7) is 0. The number of carbonyl (C=O) groups excluding carboxylic acids is 2. The largest absolute Gasteiger partial charge is 0.459 e. The predicted molar refractivity (Wildman–Crippen MR) is 108 cm³/mol. The van der Waals surface area contributed by atoms with Crippen LogP contribution in [0, 0.1) is 5.92 Å². The van der Waals surface area contributed by atoms with Gasteiger partial charge in [0.05, 0.1) is 5.02 Å². The minimum atomic E-state index is -5.28. The zero-order valence-corrected chi connectivity index (χ0v) is 16.9. The first-order valence-electron chi connectivity index (χ1n) is 9.43. The molecule has 0 bridgehead atoms. The number of rotatable bonds is 4. The Hall–Kier alpha value is -3.30. The molecular weight excluding hydrogens is 449 g/mol. The molecule has 10 heteroatoms. The summed E-state index contributed by atoms with van der Waals surface area (Å²) < 4.78 is 46.4. The molecule has 2 amide bonds. The molecule has 1 saturated heterocycles. The Balaban J connectivity index is 1.84. The molecule has 0 radical (unpaired) electrons. The maximum Gasteiger partial charge on any atom is 0.450 e. The number of halogens is 4. The number of hydrogen-bond donors (Lipinski definition) is 3. The van der Waals surface area contributed by atoms with E-state index in [1.54, 1.807) is 30.3 Å². The van der Waals surface area contributed by atoms with Gasteiger partial charge in [-0.1, -0.05) is 54.1 Å². The van der Waals surface area contributed by atoms with Crippen molar-refractivity contribution < 1.29 is 32.3 Å². The number of urea groups is 1. The van der Waals surface area contributed by atoms with Crippen molar-refractivity contribution in [1.29, 1.82) is 0 Å². The Kier molecular flexibility index (Phi) is 5.47. The Morgan fingerprint density at radius 3 is 2.34 bits per heavy atom. The topological polar surface area (TPSA) is 91.6 Å². The molecule has 1 aromatic heterocycles. The van der Waals surface area contributed by atoms with Gasteiger partial charge in [0.25, 0.3) is 0 Å². The average Bonchev–Trinajstić information content (AvgIpc) is 3.23. The Morgan fingerprint density at radius 2 is 1.69 bits per heavy atom. The van der Waals surface area contributed by atoms with E-state index in [-0.39, 0.29) is 17.1 Å². The van der Waals surface area contributed by atoms with E-state index in [1.807, 2.05) is 0 Å². The Bertz CT molecular complexity index is 1170. The van der Waals surface area contributed by atoms with Crippen molar-refractivity contribution >= 4 is 23.4 Å². The lowest BCUT2D eigenvalue weighted by Gasteiger charge is -2.44. The number of nitrogens with one attached hydrogen (secondary N) is 2. The summed E-state index contributed by atoms with van der Waals surface area (Å²) in [4.78, 5) is 24.8. The average molecular weight is 465 g/mol. The van der Waals surface area contributed by atoms with Gasteiger partial charge >= 0.3 is 12.2 Å². The van der Waals surface area contributed by atoms with Crippen molar-refractivity contribution in [2.45, 2.75) is 17.9 Å². The zero-order chi connectivity index (χ0) is 23.1. The van der Waals surface area contributed by atoms with Gasteiger partial charge in [-0.05, 0) is 24.3 Å². The minimum Gasteiger partial charge on any atom is -0.459 e. The molecule has 32 heavy (non-hydrogen) atoms. The molecule has 0 unspecified atom stereocenters. The minimum absolute atomic E-state index is 0.0830. The SMILES string of the molecule is O=C1N[C@H](c2ccc(-c3ccccc3Cl)o2)[C@@H](C(=O)C(F)(F)F)[C@](O)(c2ccccc2)N1. The quantitative estimate of drug-likeness (QED) is 0.528. The summed E-state index contributed by atoms with van der Waals surface area (Å²) in [5, 5.41) is 16.0. The third-order valence-corrected chi connectivity index (χ3v) is 5.55. The molecule has 3 atom stereocenters. The molecule has 166 valence electrons. The second-order valence-corrected chi connectivity index (χ2v) is 7.64. The van der Waals surface area contributed by atoms with Gasteiger partial charge in [0.1, 0.15) is 23.5 Å². The van der Waals surface area contributed by atoms with Gasteiger partial charge in [-0.3, -0.25) is 4.79 Å². The van der Waals surface area contributed by atoms with Crippen LogP contribution in [0.5, 0.6) is 0 Å². The number of ketones is 1. The number of hydrogen-bond acceptors (Lipinski definition) is 4. The van der Waals surface area contributed by atoms with E-state index in [0.717, 1.165) is 0 Å². The molecule has 0 spiro atoms. The summed E-state index contributed by atoms with van der Waals surface area (Å²) in [7, 11) is 0. The monoisotopic (exact) mass is 464 g/mol. The van der Waals surface area contributed by atoms with E-state index in [4.69, 9.17) is 16.0 Å². The zero-order valence-electron chi connectivity index (χ0n) is 16.2. The number of benzene rings is 2. The van der Waals surface area contributed by atoms with Gasteiger partial charge < -0.3 is 20.2 Å². The second-order valence-electron chi connectivity index (χ2n) is 7.23. The van der Waals surface area contributed by atoms with Crippen LogP contribution in [0.4, 0.5) is 18.0 Å². The van der Waals surface area contributed by atoms with E-state index < -0.39 is 35.7 Å². The van der Waals surface area contributed by atoms with Crippen LogP contribution >= 0.6 is 11.6 Å². The third kappa shape index (κ3) is 3.85. The van der Waals surface area contributed by atoms with E-state index >= 15 is 0 Å². The van der Waals surface area contributed by atoms with Gasteiger partial charge in [-0.25, -0.2) is 4.79 Å². The van der Waals surface area contributed by atoms with E-state index in [9.17, 15) is 27.9 Å². The number of Topliss-reactive ketones (excluding diaryl/α,β-unsaturated/α-hetero) is 1. The third-order valence-electron chi connectivity index (χ3n) is 5.22. The van der Waals surface area contributed by atoms with Crippen molar-refractivity contribution in [3.05, 3.63) is 83.1 Å². The van der Waals surface area contributed by atoms with Crippen LogP contribution in [-0.4, -0.2) is 23.1 Å². The number of furan rings is 1. The van der Waals surface area contributed by atoms with Crippen LogP contribution in [0.3, 0.4) is 0 Å². The molecule has 1 fully saturated rings. The summed E-state index contributed by atoms with van der Waals surface area (Å²) >= 11 is 6.16. The maximum absolute atomic E-state index is 13.6. The standard InChI is InChI=1S/C22H16ClF3N2O4/c23-14-9-5-4-8-13(14)15-10-11-16(32-15)18-17(19(29)22(24,25)26)21(31,28-20(30)27-18)12-6-2-1-3-7-12/h1-11,17-18,31H,(H2,27,28,30)/t17-,18+,21+/m0/s1. The van der Waals surface area contributed by atoms with Crippen LogP contribution < -0.4 is 10.6 Å². The molecule has 3 aromatic rings. The highest BCUT2D eigenvalue weighted by molar-refractivity contribution is 6.33. The fourth-order valence-electron chi connectivity index (χ4n) is 3.78. The molecule has 1 aliphatic rings. The molecule has 2 aromatic carbocycles. The number of aliphatic hydroxyl groups is 1. The summed E-state index contributed by atoms with van der Waals surface area (Å²) in [6.07, 6.45) is -5.28. The van der Waals surface area contributed by atoms with Crippen molar-refractivity contribution in [3.8, 4) is 11.3 Å². The first kappa shape index (κ1) is 21.9. The fraction of sp³-hybridized carbons (Fsp3) is 0.182. The van der Waals surface area contributed by atoms with Gasteiger partial charge in [0.15, 0.2) is 5.72 Å². The highest BCUT2D eigenvalue weighted by Gasteiger charge is 2.60. The van der Waals surface area contributed by atoms with Crippen LogP contribution in [0.1, 0.15) is 17.4 Å². The Morgan fingerprint density at radius 1 is 1.03 bits per heavy atom. The smallest absolute Gasteiger partial charge is 0.450 e. The van der Waals surface area contributed by atoms with Crippen molar-refractivity contribution in [2.75, 3.05) is 0 Å². The highest BCUT2D eigenvalue weighted by atomic mass is 35.5. The molecule has 3 N–H and O–H groups in total. The maximum atomic E-state index is 13.6. The van der Waals surface area contributed by atoms with E-state index in [2.05, 4.69) is 10.6 Å². The fourth-order valence-corrected chi connectivity index (χ4v) is 4.00. The molecule has 4 rings (SSSR count). The molecule has 0 saturated carbocycles. The molecule has 0 aliphatic carbocycles. The number of alkyl halides is 3. The van der Waals surface area contributed by atoms with Gasteiger partial charge in [0, 0.05) is 11.1 Å². The lowest BCUT2D eigenvalue weighted by molar-refractivity contribution is -0.190. The summed E-state index contributed by atoms with van der Waals surface area (Å²) in [6, 6.07) is 14.0. The number of carbonyl (C=O) groups is 2. The van der Waals surface area contributed by atoms with Crippen molar-refractivity contribution in [3.63, 3.8) is 0 Å². The first-order chi connectivity index (χ1) is 15.1. The van der Waals surface area contributed by atoms with Crippen molar-refractivity contribution in [2.24, 2.45) is 5.92 Å². The molecular formula is C22H16ClF3N2O4. The highest BCUT2D eigenvalue weighted by Crippen LogP contribution is 2.44. The second kappa shape index (κ2) is 7.99. The van der Waals surface area contributed by atoms with Crippen LogP contribution in [0.25, 0.3) is 11.3 Å². The van der Waals surface area contributed by atoms with Crippen molar-refractivity contribution in [1.82, 2.24) is 10.6 Å². The van der Waals surface area contributed by atoms with E-state index in [1.165, 1.54) is 36.4 Å². The van der Waals surface area contributed by atoms with Crippen LogP contribution in [0.2, 0.25) is 5.02 Å². The molecule has 1 aliphatic heterocycles.